The molecule has 0 atom stereocenters. The second kappa shape index (κ2) is 13.8. The second-order valence-electron chi connectivity index (χ2n) is 10.1. The van der Waals surface area contributed by atoms with Crippen LogP contribution < -0.4 is 35.3 Å². The van der Waals surface area contributed by atoms with Crippen LogP contribution in [0, 0.1) is 39.5 Å². The van der Waals surface area contributed by atoms with Gasteiger partial charge in [0.1, 0.15) is 0 Å². The summed E-state index contributed by atoms with van der Waals surface area (Å²) in [7, 11) is 0. The van der Waals surface area contributed by atoms with Gasteiger partial charge in [-0.2, -0.15) is 0 Å². The second-order valence-corrected chi connectivity index (χ2v) is 10.1. The van der Waals surface area contributed by atoms with Gasteiger partial charge in [-0.25, -0.2) is 22.0 Å². The van der Waals surface area contributed by atoms with Crippen LogP contribution in [0.25, 0.3) is 22.8 Å². The Bertz CT molecular complexity index is 2140. The molecule has 8 heteroatoms. The number of allylic oxidation sites excluding steroid dienone is 4. The van der Waals surface area contributed by atoms with Gasteiger partial charge in [-0.15, -0.1) is 33.4 Å². The Labute approximate surface area is 287 Å². The molecular formula is C37H20Cl2F5Zr. The average Bonchev–Trinajstić information content (AvgIpc) is 3.65. The van der Waals surface area contributed by atoms with Crippen molar-refractivity contribution in [2.45, 2.75) is 6.42 Å². The number of hydrogen-bond donors (Lipinski definition) is 0. The summed E-state index contributed by atoms with van der Waals surface area (Å²) in [6.45, 7) is 0. The topological polar surface area (TPSA) is 0 Å². The van der Waals surface area contributed by atoms with E-state index in [0.29, 0.717) is 16.7 Å². The van der Waals surface area contributed by atoms with E-state index >= 15 is 8.78 Å². The molecule has 0 heterocycles. The van der Waals surface area contributed by atoms with E-state index in [9.17, 15) is 13.2 Å². The van der Waals surface area contributed by atoms with E-state index in [1.54, 1.807) is 6.08 Å². The maximum atomic E-state index is 15.2. The van der Waals surface area contributed by atoms with Crippen LogP contribution in [0.5, 0.6) is 0 Å². The number of halogens is 7. The van der Waals surface area contributed by atoms with Crippen LogP contribution in [-0.2, 0) is 26.2 Å². The predicted octanol–water partition coefficient (Wildman–Crippen LogP) is 1.81. The molecule has 0 aliphatic heterocycles. The van der Waals surface area contributed by atoms with Crippen LogP contribution in [0.1, 0.15) is 34.2 Å². The molecule has 0 saturated carbocycles. The van der Waals surface area contributed by atoms with Gasteiger partial charge in [0.25, 0.3) is 0 Å². The van der Waals surface area contributed by atoms with Gasteiger partial charge in [-0.1, -0.05) is 114 Å². The first-order chi connectivity index (χ1) is 20.5. The van der Waals surface area contributed by atoms with Gasteiger partial charge < -0.3 is 24.8 Å². The standard InChI is InChI=1S/C37H20F5.2ClH.Zr/c38-33-32(34(39)36(41)37(42)35(33)40)27-17-9-16-26(27)31-28(19-18-25-24-15-8-7-14-23(24)20-29(25)31)30(21-10-3-1-4-11-21)22-12-5-2-6-13-22;;;/h1-15,17-19H,16H2;2*1H;/q-1;;;+3/p-2. The van der Waals surface area contributed by atoms with Gasteiger partial charge in [0.05, 0.1) is 5.56 Å². The van der Waals surface area contributed by atoms with Crippen molar-refractivity contribution < 1.29 is 73.0 Å². The van der Waals surface area contributed by atoms with Crippen LogP contribution in [0.4, 0.5) is 22.0 Å². The van der Waals surface area contributed by atoms with Crippen LogP contribution >= 0.6 is 0 Å². The Morgan fingerprint density at radius 1 is 0.556 bits per heavy atom. The van der Waals surface area contributed by atoms with E-state index in [4.69, 9.17) is 0 Å². The van der Waals surface area contributed by atoms with E-state index in [1.165, 1.54) is 6.08 Å². The van der Waals surface area contributed by atoms with Gasteiger partial charge in [0, 0.05) is 0 Å². The van der Waals surface area contributed by atoms with Crippen molar-refractivity contribution >= 4 is 22.8 Å². The number of hydrogen-bond acceptors (Lipinski definition) is 0. The largest absolute Gasteiger partial charge is 3.00 e. The molecule has 7 rings (SSSR count). The molecule has 5 aromatic carbocycles. The minimum Gasteiger partial charge on any atom is -1.00 e. The summed E-state index contributed by atoms with van der Waals surface area (Å²) in [6, 6.07) is 31.2. The van der Waals surface area contributed by atoms with Gasteiger partial charge in [0.2, 0.25) is 5.82 Å². The molecule has 2 aliphatic carbocycles. The van der Waals surface area contributed by atoms with Crippen LogP contribution in [0.3, 0.4) is 0 Å². The average molecular weight is 722 g/mol. The molecule has 0 unspecified atom stereocenters. The Kier molecular flexibility index (Phi) is 10.5. The van der Waals surface area contributed by atoms with Crippen molar-refractivity contribution in [2.75, 3.05) is 0 Å². The molecular weight excluding hydrogens is 702 g/mol. The zero-order chi connectivity index (χ0) is 29.0. The monoisotopic (exact) mass is 719 g/mol. The van der Waals surface area contributed by atoms with Gasteiger partial charge in [-0.05, 0) is 33.9 Å². The number of rotatable bonds is 4. The van der Waals surface area contributed by atoms with Crippen LogP contribution in [0.15, 0.2) is 109 Å². The molecule has 0 spiro atoms. The zero-order valence-corrected chi connectivity index (χ0v) is 27.2. The van der Waals surface area contributed by atoms with Crippen molar-refractivity contribution in [3.63, 3.8) is 0 Å². The Hall–Kier alpha value is -3.57. The zero-order valence-electron chi connectivity index (χ0n) is 23.2. The van der Waals surface area contributed by atoms with E-state index < -0.39 is 34.6 Å². The molecule has 0 bridgehead atoms. The molecule has 45 heavy (non-hydrogen) atoms. The first-order valence-electron chi connectivity index (χ1n) is 13.4. The predicted molar refractivity (Wildman–Crippen MR) is 154 cm³/mol. The molecule has 2 aliphatic rings. The summed E-state index contributed by atoms with van der Waals surface area (Å²) in [4.78, 5) is 0. The molecule has 5 aromatic rings. The molecule has 0 aromatic heterocycles. The van der Waals surface area contributed by atoms with Gasteiger partial charge in [0.15, 0.2) is 23.3 Å². The molecule has 0 fully saturated rings. The molecule has 0 N–H and O–H groups in total. The maximum Gasteiger partial charge on any atom is 3.00 e. The first kappa shape index (κ1) is 34.3. The number of fused-ring (bicyclic) bond motifs is 2. The third-order valence-corrected chi connectivity index (χ3v) is 7.79. The van der Waals surface area contributed by atoms with Gasteiger partial charge in [-0.3, -0.25) is 0 Å². The molecule has 0 saturated heterocycles. The third kappa shape index (κ3) is 5.69. The van der Waals surface area contributed by atoms with Crippen molar-refractivity contribution in [3.8, 4) is 0 Å². The minimum absolute atomic E-state index is 0. The maximum absolute atomic E-state index is 15.2. The fourth-order valence-corrected chi connectivity index (χ4v) is 5.95. The Balaban J connectivity index is 0.00000154. The summed E-state index contributed by atoms with van der Waals surface area (Å²) in [5.74, 6) is -9.83. The SMILES string of the molecule is Fc1c(F)c(F)c(C2=C(c3c4c(ccc3=C(c3ccccc3)c3ccccc3)=c3ccccc3=[C-]4)CC=C2)c(F)c1F.[Cl-].[Cl-].[Zr+3]. The quantitative estimate of drug-likeness (QED) is 0.113. The van der Waals surface area contributed by atoms with E-state index in [2.05, 4.69) is 6.08 Å². The first-order valence-corrected chi connectivity index (χ1v) is 13.4. The summed E-state index contributed by atoms with van der Waals surface area (Å²) in [6.07, 6.45) is 6.83. The van der Waals surface area contributed by atoms with Crippen LogP contribution in [0.2, 0.25) is 0 Å². The minimum atomic E-state index is -2.18. The van der Waals surface area contributed by atoms with Crippen molar-refractivity contribution in [1.82, 2.24) is 0 Å². The van der Waals surface area contributed by atoms with Crippen LogP contribution in [-0.4, -0.2) is 0 Å². The van der Waals surface area contributed by atoms with Crippen molar-refractivity contribution in [1.29, 1.82) is 0 Å². The smallest absolute Gasteiger partial charge is 1.00 e. The normalized spacial score (nSPS) is 12.4. The summed E-state index contributed by atoms with van der Waals surface area (Å²) in [5, 5.41) is 3.44. The summed E-state index contributed by atoms with van der Waals surface area (Å²) >= 11 is 0. The Morgan fingerprint density at radius 3 is 1.69 bits per heavy atom. The van der Waals surface area contributed by atoms with Crippen molar-refractivity contribution in [2.24, 2.45) is 0 Å². The van der Waals surface area contributed by atoms with E-state index in [0.717, 1.165) is 37.6 Å². The fraction of sp³-hybridized carbons (Fsp3) is 0.0270. The van der Waals surface area contributed by atoms with Crippen molar-refractivity contribution in [3.05, 3.63) is 187 Å². The molecule has 0 nitrogen and oxygen atoms in total. The molecule has 0 amide bonds. The molecule has 221 valence electrons. The Morgan fingerprint density at radius 2 is 1.09 bits per heavy atom. The van der Waals surface area contributed by atoms with E-state index in [-0.39, 0.29) is 63.0 Å². The van der Waals surface area contributed by atoms with E-state index in [1.807, 2.05) is 97.1 Å². The molecule has 1 radical (unpaired) electrons. The number of benzene rings is 5. The third-order valence-electron chi connectivity index (χ3n) is 7.79. The summed E-state index contributed by atoms with van der Waals surface area (Å²) in [5.41, 5.74) is 3.49. The van der Waals surface area contributed by atoms with Gasteiger partial charge >= 0.3 is 26.2 Å². The summed E-state index contributed by atoms with van der Waals surface area (Å²) < 4.78 is 73.3. The fourth-order valence-electron chi connectivity index (χ4n) is 5.95.